The third-order valence-electron chi connectivity index (χ3n) is 6.29. The molecule has 0 unspecified atom stereocenters. The Hall–Kier alpha value is -1.59. The van der Waals surface area contributed by atoms with Crippen LogP contribution in [-0.4, -0.2) is 72.5 Å². The monoisotopic (exact) mass is 373 g/mol. The molecule has 5 heteroatoms. The molecular formula is C22H35N3O2. The molecule has 5 nitrogen and oxygen atoms in total. The molecule has 1 amide bonds. The van der Waals surface area contributed by atoms with Crippen LogP contribution in [0.3, 0.4) is 0 Å². The van der Waals surface area contributed by atoms with Gasteiger partial charge in [-0.1, -0.05) is 25.1 Å². The molecule has 27 heavy (non-hydrogen) atoms. The van der Waals surface area contributed by atoms with Crippen LogP contribution in [0, 0.1) is 0 Å². The Morgan fingerprint density at radius 2 is 1.93 bits per heavy atom. The first-order valence-corrected chi connectivity index (χ1v) is 10.5. The van der Waals surface area contributed by atoms with Crippen molar-refractivity contribution in [2.45, 2.75) is 51.6 Å². The van der Waals surface area contributed by atoms with Crippen molar-refractivity contribution in [2.24, 2.45) is 0 Å². The lowest BCUT2D eigenvalue weighted by molar-refractivity contribution is -0.130. The third-order valence-corrected chi connectivity index (χ3v) is 6.29. The minimum absolute atomic E-state index is 0.108. The topological polar surface area (TPSA) is 36.0 Å². The van der Waals surface area contributed by atoms with Crippen LogP contribution >= 0.6 is 0 Å². The average Bonchev–Trinajstić information content (AvgIpc) is 2.84. The lowest BCUT2D eigenvalue weighted by Crippen LogP contribution is -2.60. The van der Waals surface area contributed by atoms with Gasteiger partial charge in [0, 0.05) is 56.8 Å². The number of amides is 1. The van der Waals surface area contributed by atoms with Crippen molar-refractivity contribution in [3.8, 4) is 5.75 Å². The number of likely N-dealkylation sites (N-methyl/N-ethyl adjacent to an activating group) is 1. The van der Waals surface area contributed by atoms with Crippen LogP contribution in [0.1, 0.15) is 45.1 Å². The number of rotatable bonds is 6. The summed E-state index contributed by atoms with van der Waals surface area (Å²) < 4.78 is 5.96. The Morgan fingerprint density at radius 3 is 2.70 bits per heavy atom. The zero-order valence-electron chi connectivity index (χ0n) is 17.2. The van der Waals surface area contributed by atoms with Gasteiger partial charge in [-0.3, -0.25) is 14.6 Å². The maximum atomic E-state index is 12.4. The maximum Gasteiger partial charge on any atom is 0.222 e. The molecule has 150 valence electrons. The average molecular weight is 374 g/mol. The molecule has 1 atom stereocenters. The number of likely N-dealkylation sites (tertiary alicyclic amines) is 1. The van der Waals surface area contributed by atoms with Crippen LogP contribution in [0.25, 0.3) is 0 Å². The molecule has 3 rings (SSSR count). The first kappa shape index (κ1) is 20.2. The predicted octanol–water partition coefficient (Wildman–Crippen LogP) is 2.99. The molecule has 2 fully saturated rings. The summed E-state index contributed by atoms with van der Waals surface area (Å²) in [6.07, 6.45) is 3.72. The first-order chi connectivity index (χ1) is 13.1. The van der Waals surface area contributed by atoms with Gasteiger partial charge in [0.1, 0.15) is 5.75 Å². The van der Waals surface area contributed by atoms with Gasteiger partial charge >= 0.3 is 0 Å². The molecule has 0 saturated carbocycles. The predicted molar refractivity (Wildman–Crippen MR) is 109 cm³/mol. The van der Waals surface area contributed by atoms with Crippen LogP contribution in [-0.2, 0) is 11.3 Å². The maximum absolute atomic E-state index is 12.4. The number of nitrogens with zero attached hydrogens (tertiary/aromatic N) is 3. The van der Waals surface area contributed by atoms with Crippen molar-refractivity contribution in [3.05, 3.63) is 29.8 Å². The Kier molecular flexibility index (Phi) is 6.77. The van der Waals surface area contributed by atoms with E-state index in [4.69, 9.17) is 4.74 Å². The highest BCUT2D eigenvalue weighted by molar-refractivity contribution is 5.76. The van der Waals surface area contributed by atoms with Crippen LogP contribution in [0.4, 0.5) is 0 Å². The molecule has 0 bridgehead atoms. The molecule has 0 radical (unpaired) electrons. The summed E-state index contributed by atoms with van der Waals surface area (Å²) in [6, 6.07) is 8.42. The minimum Gasteiger partial charge on any atom is -0.493 e. The molecule has 0 aromatic heterocycles. The van der Waals surface area contributed by atoms with Gasteiger partial charge in [0.25, 0.3) is 0 Å². The molecule has 2 aliphatic heterocycles. The van der Waals surface area contributed by atoms with Gasteiger partial charge in [-0.15, -0.1) is 0 Å². The smallest absolute Gasteiger partial charge is 0.222 e. The second-order valence-corrected chi connectivity index (χ2v) is 8.04. The van der Waals surface area contributed by atoms with Crippen molar-refractivity contribution < 1.29 is 9.53 Å². The molecule has 1 spiro atoms. The molecule has 2 heterocycles. The number of hydrogen-bond acceptors (Lipinski definition) is 4. The van der Waals surface area contributed by atoms with Gasteiger partial charge in [-0.25, -0.2) is 0 Å². The highest BCUT2D eigenvalue weighted by atomic mass is 16.5. The second kappa shape index (κ2) is 9.07. The van der Waals surface area contributed by atoms with Gasteiger partial charge in [0.2, 0.25) is 5.91 Å². The summed E-state index contributed by atoms with van der Waals surface area (Å²) in [5.74, 6) is 1.33. The van der Waals surface area contributed by atoms with Gasteiger partial charge in [-0.05, 0) is 39.3 Å². The largest absolute Gasteiger partial charge is 0.493 e. The molecule has 2 aliphatic rings. The van der Waals surface area contributed by atoms with Crippen LogP contribution < -0.4 is 4.74 Å². The van der Waals surface area contributed by atoms with Gasteiger partial charge in [0.05, 0.1) is 6.61 Å². The fourth-order valence-corrected chi connectivity index (χ4v) is 4.47. The number of ether oxygens (including phenoxy) is 1. The van der Waals surface area contributed by atoms with Gasteiger partial charge in [-0.2, -0.15) is 0 Å². The lowest BCUT2D eigenvalue weighted by atomic mass is 9.86. The Labute approximate surface area is 164 Å². The molecule has 1 aromatic rings. The molecule has 0 N–H and O–H groups in total. The summed E-state index contributed by atoms with van der Waals surface area (Å²) in [6.45, 7) is 10.7. The summed E-state index contributed by atoms with van der Waals surface area (Å²) in [5, 5.41) is 0. The zero-order chi connectivity index (χ0) is 19.3. The van der Waals surface area contributed by atoms with Crippen molar-refractivity contribution >= 4 is 5.91 Å². The highest BCUT2D eigenvalue weighted by Crippen LogP contribution is 2.33. The van der Waals surface area contributed by atoms with E-state index in [9.17, 15) is 4.79 Å². The minimum atomic E-state index is 0.108. The van der Waals surface area contributed by atoms with E-state index < -0.39 is 0 Å². The fourth-order valence-electron chi connectivity index (χ4n) is 4.47. The van der Waals surface area contributed by atoms with E-state index in [0.717, 1.165) is 70.9 Å². The van der Waals surface area contributed by atoms with Crippen molar-refractivity contribution in [2.75, 3.05) is 46.4 Å². The summed E-state index contributed by atoms with van der Waals surface area (Å²) >= 11 is 0. The second-order valence-electron chi connectivity index (χ2n) is 8.04. The zero-order valence-corrected chi connectivity index (χ0v) is 17.2. The van der Waals surface area contributed by atoms with Crippen LogP contribution in [0.5, 0.6) is 5.75 Å². The van der Waals surface area contributed by atoms with E-state index >= 15 is 0 Å². The van der Waals surface area contributed by atoms with Crippen molar-refractivity contribution in [1.29, 1.82) is 0 Å². The fraction of sp³-hybridized carbons (Fsp3) is 0.682. The Balaban J connectivity index is 1.71. The summed E-state index contributed by atoms with van der Waals surface area (Å²) in [7, 11) is 2.24. The van der Waals surface area contributed by atoms with E-state index in [-0.39, 0.29) is 5.54 Å². The number of carbonyl (C=O) groups is 1. The van der Waals surface area contributed by atoms with Crippen LogP contribution in [0.2, 0.25) is 0 Å². The first-order valence-electron chi connectivity index (χ1n) is 10.5. The number of piperazine rings is 1. The lowest BCUT2D eigenvalue weighted by Gasteiger charge is -2.49. The van der Waals surface area contributed by atoms with Crippen LogP contribution in [0.15, 0.2) is 24.3 Å². The SMILES string of the molecule is CCCOc1ccccc1CN1CCN(C)[C@@]2(CCC(=O)N(CC)CC2)C1. The van der Waals surface area contributed by atoms with Crippen molar-refractivity contribution in [1.82, 2.24) is 14.7 Å². The number of para-hydroxylation sites is 1. The summed E-state index contributed by atoms with van der Waals surface area (Å²) in [4.78, 5) is 19.5. The van der Waals surface area contributed by atoms with E-state index in [1.807, 2.05) is 4.90 Å². The number of carbonyl (C=O) groups excluding carboxylic acids is 1. The van der Waals surface area contributed by atoms with E-state index in [1.165, 1.54) is 5.56 Å². The van der Waals surface area contributed by atoms with Gasteiger partial charge < -0.3 is 9.64 Å². The third kappa shape index (κ3) is 4.64. The Bertz CT molecular complexity index is 636. The molecule has 0 aliphatic carbocycles. The molecule has 1 aromatic carbocycles. The van der Waals surface area contributed by atoms with E-state index in [0.29, 0.717) is 12.3 Å². The summed E-state index contributed by atoms with van der Waals surface area (Å²) in [5.41, 5.74) is 1.38. The van der Waals surface area contributed by atoms with Crippen molar-refractivity contribution in [3.63, 3.8) is 0 Å². The normalized spacial score (nSPS) is 25.0. The van der Waals surface area contributed by atoms with E-state index in [2.05, 4.69) is 55.0 Å². The quantitative estimate of drug-likeness (QED) is 0.768. The highest BCUT2D eigenvalue weighted by Gasteiger charge is 2.42. The van der Waals surface area contributed by atoms with Gasteiger partial charge in [0.15, 0.2) is 0 Å². The standard InChI is InChI=1S/C22H35N3O2/c1-4-16-27-20-9-7-6-8-19(20)17-24-15-14-23(3)22(18-24)11-10-21(26)25(5-2)13-12-22/h6-9H,4-5,10-18H2,1-3H3/t22-/m1/s1. The Morgan fingerprint density at radius 1 is 1.11 bits per heavy atom. The van der Waals surface area contributed by atoms with E-state index in [1.54, 1.807) is 0 Å². The number of benzene rings is 1. The number of hydrogen-bond donors (Lipinski definition) is 0. The molecule has 2 saturated heterocycles. The molecular weight excluding hydrogens is 338 g/mol.